The first-order valence-corrected chi connectivity index (χ1v) is 17.7. The van der Waals surface area contributed by atoms with Crippen molar-refractivity contribution < 1.29 is 28.2 Å². The molecule has 2 aliphatic rings. The van der Waals surface area contributed by atoms with E-state index in [0.717, 1.165) is 53.5 Å². The van der Waals surface area contributed by atoms with Crippen molar-refractivity contribution >= 4 is 29.2 Å². The SMILES string of the molecule is O=C(N[C@H]1CC[C@H](NC(=O)c2cc(F)cnc2Oc2cccc(-c3ccc(O)cc3CN3CCSCC3)c2)CC1)c1cn2cc(F)ccc2n1. The molecule has 1 aliphatic carbocycles. The van der Waals surface area contributed by atoms with Crippen molar-refractivity contribution in [1.29, 1.82) is 0 Å². The molecule has 5 aromatic rings. The molecule has 7 rings (SSSR count). The van der Waals surface area contributed by atoms with Crippen molar-refractivity contribution in [2.45, 2.75) is 44.3 Å². The molecular weight excluding hydrogens is 663 g/mol. The minimum Gasteiger partial charge on any atom is -0.508 e. The Morgan fingerprint density at radius 3 is 2.44 bits per heavy atom. The Labute approximate surface area is 291 Å². The van der Waals surface area contributed by atoms with Crippen LogP contribution in [-0.2, 0) is 6.54 Å². The van der Waals surface area contributed by atoms with Gasteiger partial charge in [-0.2, -0.15) is 11.8 Å². The summed E-state index contributed by atoms with van der Waals surface area (Å²) in [6, 6.07) is 16.3. The molecule has 3 N–H and O–H groups in total. The number of hydrogen-bond acceptors (Lipinski definition) is 8. The molecule has 2 fully saturated rings. The molecule has 4 heterocycles. The second-order valence-corrected chi connectivity index (χ2v) is 13.8. The predicted molar refractivity (Wildman–Crippen MR) is 187 cm³/mol. The minimum atomic E-state index is -0.665. The third kappa shape index (κ3) is 7.89. The molecule has 0 spiro atoms. The van der Waals surface area contributed by atoms with E-state index >= 15 is 0 Å². The molecule has 1 saturated carbocycles. The van der Waals surface area contributed by atoms with Crippen molar-refractivity contribution in [1.82, 2.24) is 29.9 Å². The number of amides is 2. The molecule has 0 bridgehead atoms. The molecule has 0 atom stereocenters. The lowest BCUT2D eigenvalue weighted by Gasteiger charge is -2.29. The molecule has 50 heavy (non-hydrogen) atoms. The first kappa shape index (κ1) is 33.5. The van der Waals surface area contributed by atoms with Crippen molar-refractivity contribution in [2.75, 3.05) is 24.6 Å². The first-order valence-electron chi connectivity index (χ1n) is 16.6. The number of phenolic OH excluding ortho intramolecular Hbond substituents is 1. The number of benzene rings is 2. The number of carbonyl (C=O) groups excluding carboxylic acids is 2. The molecule has 2 aromatic carbocycles. The lowest BCUT2D eigenvalue weighted by Crippen LogP contribution is -2.44. The lowest BCUT2D eigenvalue weighted by atomic mass is 9.91. The molecule has 13 heteroatoms. The summed E-state index contributed by atoms with van der Waals surface area (Å²) in [6.45, 7) is 2.67. The molecule has 10 nitrogen and oxygen atoms in total. The zero-order valence-electron chi connectivity index (χ0n) is 27.1. The Bertz CT molecular complexity index is 2030. The maximum atomic E-state index is 14.4. The fourth-order valence-corrected chi connectivity index (χ4v) is 7.46. The second-order valence-electron chi connectivity index (χ2n) is 12.6. The number of pyridine rings is 2. The highest BCUT2D eigenvalue weighted by Gasteiger charge is 2.27. The van der Waals surface area contributed by atoms with Gasteiger partial charge >= 0.3 is 0 Å². The number of imidazole rings is 1. The molecule has 0 radical (unpaired) electrons. The summed E-state index contributed by atoms with van der Waals surface area (Å²) in [6.07, 6.45) is 6.19. The maximum Gasteiger partial charge on any atom is 0.271 e. The van der Waals surface area contributed by atoms with Gasteiger partial charge < -0.3 is 24.9 Å². The molecular formula is C37H36F2N6O4S. The normalized spacial score (nSPS) is 18.1. The summed E-state index contributed by atoms with van der Waals surface area (Å²) >= 11 is 1.94. The summed E-state index contributed by atoms with van der Waals surface area (Å²) in [7, 11) is 0. The van der Waals surface area contributed by atoms with Crippen LogP contribution in [-0.4, -0.2) is 72.9 Å². The minimum absolute atomic E-state index is 0.0221. The Morgan fingerprint density at radius 2 is 1.66 bits per heavy atom. The predicted octanol–water partition coefficient (Wildman–Crippen LogP) is 6.19. The Kier molecular flexibility index (Phi) is 9.95. The van der Waals surface area contributed by atoms with Gasteiger partial charge in [0, 0.05) is 55.6 Å². The van der Waals surface area contributed by atoms with Gasteiger partial charge in [0.05, 0.1) is 6.20 Å². The summed E-state index contributed by atoms with van der Waals surface area (Å²) in [5.41, 5.74) is 3.47. The van der Waals surface area contributed by atoms with Crippen LogP contribution in [0.25, 0.3) is 16.8 Å². The van der Waals surface area contributed by atoms with Crippen molar-refractivity contribution in [2.24, 2.45) is 0 Å². The van der Waals surface area contributed by atoms with E-state index in [1.165, 1.54) is 28.9 Å². The second kappa shape index (κ2) is 14.9. The Hall–Kier alpha value is -5.01. The number of thioether (sulfide) groups is 1. The Morgan fingerprint density at radius 1 is 0.900 bits per heavy atom. The number of carbonyl (C=O) groups is 2. The van der Waals surface area contributed by atoms with E-state index in [1.54, 1.807) is 18.2 Å². The first-order chi connectivity index (χ1) is 24.3. The van der Waals surface area contributed by atoms with Crippen LogP contribution in [0.2, 0.25) is 0 Å². The van der Waals surface area contributed by atoms with Crippen LogP contribution in [0.15, 0.2) is 79.3 Å². The number of hydrogen-bond donors (Lipinski definition) is 3. The number of rotatable bonds is 9. The van der Waals surface area contributed by atoms with E-state index < -0.39 is 17.5 Å². The fraction of sp³-hybridized carbons (Fsp3) is 0.297. The van der Waals surface area contributed by atoms with Gasteiger partial charge in [0.1, 0.15) is 40.0 Å². The third-order valence-electron chi connectivity index (χ3n) is 9.05. The summed E-state index contributed by atoms with van der Waals surface area (Å²) < 4.78 is 35.5. The number of aromatic nitrogens is 3. The van der Waals surface area contributed by atoms with Crippen LogP contribution in [0.3, 0.4) is 0 Å². The van der Waals surface area contributed by atoms with Gasteiger partial charge in [-0.3, -0.25) is 14.5 Å². The van der Waals surface area contributed by atoms with E-state index in [2.05, 4.69) is 25.5 Å². The van der Waals surface area contributed by atoms with Crippen LogP contribution in [0.1, 0.15) is 52.1 Å². The van der Waals surface area contributed by atoms with Crippen LogP contribution in [0.4, 0.5) is 8.78 Å². The molecule has 258 valence electrons. The Balaban J connectivity index is 0.992. The van der Waals surface area contributed by atoms with Gasteiger partial charge in [0.2, 0.25) is 5.88 Å². The third-order valence-corrected chi connectivity index (χ3v) is 10.00. The zero-order valence-corrected chi connectivity index (χ0v) is 28.0. The van der Waals surface area contributed by atoms with Crippen LogP contribution in [0, 0.1) is 11.6 Å². The standard InChI is InChI=1S/C37H36F2N6O4S/c38-25-4-11-34-43-33(22-45(34)21-25)36(48)42-28-7-5-27(6-8-28)41-35(47)32-18-26(39)19-40-37(32)49-30-3-1-2-23(17-30)31-10-9-29(46)16-24(31)20-44-12-14-50-15-13-44/h1-4,9-11,16-19,21-22,27-28,46H,5-8,12-15,20H2,(H,41,47)(H,42,48)/t27-,28-. The van der Waals surface area contributed by atoms with Gasteiger partial charge in [0.25, 0.3) is 11.8 Å². The highest BCUT2D eigenvalue weighted by atomic mass is 32.2. The summed E-state index contributed by atoms with van der Waals surface area (Å²) in [5, 5.41) is 16.2. The van der Waals surface area contributed by atoms with Crippen molar-refractivity contribution in [3.63, 3.8) is 0 Å². The van der Waals surface area contributed by atoms with E-state index in [4.69, 9.17) is 4.74 Å². The molecule has 1 aliphatic heterocycles. The maximum absolute atomic E-state index is 14.4. The zero-order chi connectivity index (χ0) is 34.6. The van der Waals surface area contributed by atoms with Crippen LogP contribution >= 0.6 is 11.8 Å². The quantitative estimate of drug-likeness (QED) is 0.167. The highest BCUT2D eigenvalue weighted by Crippen LogP contribution is 2.33. The number of nitrogens with zero attached hydrogens (tertiary/aromatic N) is 4. The van der Waals surface area contributed by atoms with E-state index in [1.807, 2.05) is 36.0 Å². The van der Waals surface area contributed by atoms with Crippen LogP contribution in [0.5, 0.6) is 17.4 Å². The van der Waals surface area contributed by atoms with E-state index in [9.17, 15) is 23.5 Å². The van der Waals surface area contributed by atoms with Crippen molar-refractivity contribution in [3.05, 3.63) is 108 Å². The van der Waals surface area contributed by atoms with Gasteiger partial charge in [-0.05, 0) is 84.8 Å². The largest absolute Gasteiger partial charge is 0.508 e. The smallest absolute Gasteiger partial charge is 0.271 e. The van der Waals surface area contributed by atoms with Gasteiger partial charge in [-0.25, -0.2) is 18.7 Å². The van der Waals surface area contributed by atoms with Crippen molar-refractivity contribution in [3.8, 4) is 28.5 Å². The number of fused-ring (bicyclic) bond motifs is 1. The molecule has 2 amide bonds. The van der Waals surface area contributed by atoms with Gasteiger partial charge in [-0.1, -0.05) is 18.2 Å². The van der Waals surface area contributed by atoms with E-state index in [-0.39, 0.29) is 40.9 Å². The molecule has 3 aromatic heterocycles. The van der Waals surface area contributed by atoms with E-state index in [0.29, 0.717) is 43.6 Å². The number of phenols is 1. The average Bonchev–Trinajstić information content (AvgIpc) is 3.54. The topological polar surface area (TPSA) is 121 Å². The fourth-order valence-electron chi connectivity index (χ4n) is 6.48. The monoisotopic (exact) mass is 698 g/mol. The number of nitrogens with one attached hydrogen (secondary N) is 2. The van der Waals surface area contributed by atoms with Crippen LogP contribution < -0.4 is 15.4 Å². The molecule has 1 saturated heterocycles. The average molecular weight is 699 g/mol. The number of ether oxygens (including phenoxy) is 1. The van der Waals surface area contributed by atoms with Gasteiger partial charge in [-0.15, -0.1) is 0 Å². The summed E-state index contributed by atoms with van der Waals surface area (Å²) in [5.74, 6) is 0.819. The van der Waals surface area contributed by atoms with Gasteiger partial charge in [0.15, 0.2) is 0 Å². The summed E-state index contributed by atoms with van der Waals surface area (Å²) in [4.78, 5) is 37.0. The number of aromatic hydroxyl groups is 1. The lowest BCUT2D eigenvalue weighted by molar-refractivity contribution is 0.0888. The number of halogens is 2. The molecule has 0 unspecified atom stereocenters. The highest BCUT2D eigenvalue weighted by molar-refractivity contribution is 7.99.